The van der Waals surface area contributed by atoms with E-state index in [9.17, 15) is 8.42 Å². The summed E-state index contributed by atoms with van der Waals surface area (Å²) >= 11 is 0. The van der Waals surface area contributed by atoms with Crippen molar-refractivity contribution in [3.8, 4) is 11.5 Å². The molecule has 0 fully saturated rings. The molecule has 2 rings (SSSR count). The highest BCUT2D eigenvalue weighted by molar-refractivity contribution is 7.86. The Kier molecular flexibility index (Phi) is 2.93. The molecule has 5 heteroatoms. The summed E-state index contributed by atoms with van der Waals surface area (Å²) in [6.07, 6.45) is 1.02. The summed E-state index contributed by atoms with van der Waals surface area (Å²) in [4.78, 5) is 0. The van der Waals surface area contributed by atoms with Gasteiger partial charge in [-0.1, -0.05) is 24.3 Å². The van der Waals surface area contributed by atoms with E-state index in [4.69, 9.17) is 8.92 Å². The molecular weight excluding hydrogens is 240 g/mol. The van der Waals surface area contributed by atoms with E-state index in [1.165, 1.54) is 0 Å². The molecule has 0 aliphatic heterocycles. The van der Waals surface area contributed by atoms with Gasteiger partial charge in [0.1, 0.15) is 5.75 Å². The minimum atomic E-state index is -3.53. The van der Waals surface area contributed by atoms with Gasteiger partial charge in [0.25, 0.3) is 0 Å². The van der Waals surface area contributed by atoms with E-state index in [0.29, 0.717) is 16.9 Å². The third kappa shape index (κ3) is 2.50. The topological polar surface area (TPSA) is 52.6 Å². The predicted octanol–water partition coefficient (Wildman–Crippen LogP) is 2.19. The summed E-state index contributed by atoms with van der Waals surface area (Å²) in [7, 11) is -1.96. The molecule has 0 saturated heterocycles. The van der Waals surface area contributed by atoms with Gasteiger partial charge < -0.3 is 8.92 Å². The zero-order valence-electron chi connectivity index (χ0n) is 9.51. The van der Waals surface area contributed by atoms with Crippen molar-refractivity contribution < 1.29 is 17.3 Å². The molecule has 0 unspecified atom stereocenters. The quantitative estimate of drug-likeness (QED) is 0.786. The van der Waals surface area contributed by atoms with Crippen LogP contribution in [0.3, 0.4) is 0 Å². The highest BCUT2D eigenvalue weighted by Gasteiger charge is 2.10. The van der Waals surface area contributed by atoms with Crippen molar-refractivity contribution in [2.75, 3.05) is 13.4 Å². The summed E-state index contributed by atoms with van der Waals surface area (Å²) < 4.78 is 32.4. The van der Waals surface area contributed by atoms with E-state index < -0.39 is 10.1 Å². The lowest BCUT2D eigenvalue weighted by atomic mass is 10.1. The Morgan fingerprint density at radius 2 is 1.47 bits per heavy atom. The van der Waals surface area contributed by atoms with Crippen LogP contribution in [0.25, 0.3) is 10.8 Å². The monoisotopic (exact) mass is 252 g/mol. The molecule has 0 radical (unpaired) electrons. The third-order valence-corrected chi connectivity index (χ3v) is 2.79. The summed E-state index contributed by atoms with van der Waals surface area (Å²) in [5, 5.41) is 1.52. The van der Waals surface area contributed by atoms with Gasteiger partial charge in [-0.15, -0.1) is 0 Å². The molecule has 0 heterocycles. The Labute approximate surface area is 99.9 Å². The van der Waals surface area contributed by atoms with Gasteiger partial charge in [-0.2, -0.15) is 8.42 Å². The van der Waals surface area contributed by atoms with Gasteiger partial charge >= 0.3 is 10.1 Å². The maximum Gasteiger partial charge on any atom is 0.306 e. The van der Waals surface area contributed by atoms with Gasteiger partial charge in [0.2, 0.25) is 0 Å². The molecule has 0 spiro atoms. The minimum Gasteiger partial charge on any atom is -0.496 e. The lowest BCUT2D eigenvalue weighted by Crippen LogP contribution is -2.06. The average Bonchev–Trinajstić information content (AvgIpc) is 2.28. The van der Waals surface area contributed by atoms with Crippen LogP contribution in [-0.2, 0) is 10.1 Å². The van der Waals surface area contributed by atoms with Crippen LogP contribution in [0, 0.1) is 0 Å². The molecule has 0 aliphatic carbocycles. The molecule has 0 saturated carbocycles. The third-order valence-electron chi connectivity index (χ3n) is 2.31. The van der Waals surface area contributed by atoms with Crippen molar-refractivity contribution in [2.24, 2.45) is 0 Å². The number of fused-ring (bicyclic) bond motifs is 1. The van der Waals surface area contributed by atoms with Crippen molar-refractivity contribution in [2.45, 2.75) is 0 Å². The molecule has 0 atom stereocenters. The molecular formula is C12H12O4S. The van der Waals surface area contributed by atoms with Crippen LogP contribution in [0.2, 0.25) is 0 Å². The summed E-state index contributed by atoms with van der Waals surface area (Å²) in [6, 6.07) is 10.6. The van der Waals surface area contributed by atoms with Crippen LogP contribution < -0.4 is 8.92 Å². The fourth-order valence-electron chi connectivity index (χ4n) is 1.66. The minimum absolute atomic E-state index is 0.309. The van der Waals surface area contributed by atoms with Crippen LogP contribution in [0.5, 0.6) is 11.5 Å². The SMILES string of the molecule is COc1ccc(OS(C)(=O)=O)c2ccccc12. The Bertz CT molecular complexity index is 647. The van der Waals surface area contributed by atoms with Crippen LogP contribution in [0.15, 0.2) is 36.4 Å². The highest BCUT2D eigenvalue weighted by atomic mass is 32.2. The Morgan fingerprint density at radius 3 is 2.00 bits per heavy atom. The van der Waals surface area contributed by atoms with E-state index in [0.717, 1.165) is 11.6 Å². The Balaban J connectivity index is 2.67. The van der Waals surface area contributed by atoms with Crippen LogP contribution in [-0.4, -0.2) is 21.8 Å². The van der Waals surface area contributed by atoms with E-state index in [1.807, 2.05) is 18.2 Å². The average molecular weight is 252 g/mol. The molecule has 0 bridgehead atoms. The van der Waals surface area contributed by atoms with Crippen molar-refractivity contribution in [3.05, 3.63) is 36.4 Å². The molecule has 0 amide bonds. The summed E-state index contributed by atoms with van der Waals surface area (Å²) in [5.74, 6) is 0.991. The van der Waals surface area contributed by atoms with Gasteiger partial charge in [0.15, 0.2) is 5.75 Å². The van der Waals surface area contributed by atoms with Gasteiger partial charge in [-0.3, -0.25) is 0 Å². The van der Waals surface area contributed by atoms with Crippen molar-refractivity contribution in [1.29, 1.82) is 0 Å². The largest absolute Gasteiger partial charge is 0.496 e. The van der Waals surface area contributed by atoms with Crippen molar-refractivity contribution in [1.82, 2.24) is 0 Å². The number of benzene rings is 2. The molecule has 17 heavy (non-hydrogen) atoms. The van der Waals surface area contributed by atoms with Gasteiger partial charge in [-0.05, 0) is 12.1 Å². The molecule has 4 nitrogen and oxygen atoms in total. The standard InChI is InChI=1S/C12H12O4S/c1-15-11-7-8-12(16-17(2,13)14)10-6-4-3-5-9(10)11/h3-8H,1-2H3. The Morgan fingerprint density at radius 1 is 0.941 bits per heavy atom. The first kappa shape index (κ1) is 11.7. The Hall–Kier alpha value is -1.75. The number of methoxy groups -OCH3 is 1. The second-order valence-corrected chi connectivity index (χ2v) is 5.17. The summed E-state index contributed by atoms with van der Waals surface area (Å²) in [5.41, 5.74) is 0. The lowest BCUT2D eigenvalue weighted by Gasteiger charge is -2.10. The summed E-state index contributed by atoms with van der Waals surface area (Å²) in [6.45, 7) is 0. The fraction of sp³-hybridized carbons (Fsp3) is 0.167. The number of hydrogen-bond acceptors (Lipinski definition) is 4. The first-order chi connectivity index (χ1) is 8.01. The second kappa shape index (κ2) is 4.25. The van der Waals surface area contributed by atoms with Gasteiger partial charge in [0, 0.05) is 10.8 Å². The van der Waals surface area contributed by atoms with Gasteiger partial charge in [0.05, 0.1) is 13.4 Å². The first-order valence-electron chi connectivity index (χ1n) is 4.96. The zero-order chi connectivity index (χ0) is 12.5. The molecule has 90 valence electrons. The number of hydrogen-bond donors (Lipinski definition) is 0. The van der Waals surface area contributed by atoms with Crippen LogP contribution >= 0.6 is 0 Å². The van der Waals surface area contributed by atoms with E-state index in [1.54, 1.807) is 25.3 Å². The number of ether oxygens (including phenoxy) is 1. The highest BCUT2D eigenvalue weighted by Crippen LogP contribution is 2.33. The van der Waals surface area contributed by atoms with Crippen LogP contribution in [0.4, 0.5) is 0 Å². The normalized spacial score (nSPS) is 11.4. The fourth-order valence-corrected chi connectivity index (χ4v) is 2.13. The van der Waals surface area contributed by atoms with E-state index >= 15 is 0 Å². The van der Waals surface area contributed by atoms with Crippen molar-refractivity contribution >= 4 is 20.9 Å². The molecule has 0 aromatic heterocycles. The first-order valence-corrected chi connectivity index (χ1v) is 6.78. The maximum atomic E-state index is 11.1. The zero-order valence-corrected chi connectivity index (χ0v) is 10.3. The van der Waals surface area contributed by atoms with Gasteiger partial charge in [-0.25, -0.2) is 0 Å². The second-order valence-electron chi connectivity index (χ2n) is 3.60. The molecule has 2 aromatic rings. The number of rotatable bonds is 3. The maximum absolute atomic E-state index is 11.1. The molecule has 2 aromatic carbocycles. The predicted molar refractivity (Wildman–Crippen MR) is 66.0 cm³/mol. The molecule has 0 aliphatic rings. The van der Waals surface area contributed by atoms with Crippen LogP contribution in [0.1, 0.15) is 0 Å². The lowest BCUT2D eigenvalue weighted by molar-refractivity contribution is 0.419. The smallest absolute Gasteiger partial charge is 0.306 e. The molecule has 0 N–H and O–H groups in total. The van der Waals surface area contributed by atoms with E-state index in [-0.39, 0.29) is 0 Å². The van der Waals surface area contributed by atoms with Crippen molar-refractivity contribution in [3.63, 3.8) is 0 Å². The van der Waals surface area contributed by atoms with E-state index in [2.05, 4.69) is 0 Å².